The second-order valence-corrected chi connectivity index (χ2v) is 6.17. The fraction of sp³-hybridized carbons (Fsp3) is 0.200. The average molecular weight is 367 g/mol. The maximum Gasteiger partial charge on any atom is 0.324 e. The molecule has 1 atom stereocenters. The molecule has 7 nitrogen and oxygen atoms in total. The van der Waals surface area contributed by atoms with Crippen molar-refractivity contribution in [2.24, 2.45) is 0 Å². The summed E-state index contributed by atoms with van der Waals surface area (Å²) in [6.07, 6.45) is 6.36. The van der Waals surface area contributed by atoms with E-state index in [9.17, 15) is 4.79 Å². The number of pyridine rings is 1. The van der Waals surface area contributed by atoms with Crippen LogP contribution in [0.1, 0.15) is 32.7 Å². The molecule has 3 aromatic rings. The lowest BCUT2D eigenvalue weighted by Gasteiger charge is -2.18. The first-order valence-electron chi connectivity index (χ1n) is 8.55. The molecule has 0 saturated carbocycles. The van der Waals surface area contributed by atoms with Gasteiger partial charge in [0.25, 0.3) is 0 Å². The van der Waals surface area contributed by atoms with E-state index in [4.69, 9.17) is 4.74 Å². The van der Waals surface area contributed by atoms with Crippen molar-refractivity contribution in [3.63, 3.8) is 0 Å². The second kappa shape index (κ2) is 8.27. The third-order valence-corrected chi connectivity index (χ3v) is 3.86. The van der Waals surface area contributed by atoms with E-state index in [1.54, 1.807) is 18.6 Å². The van der Waals surface area contributed by atoms with Crippen molar-refractivity contribution < 1.29 is 12.4 Å². The van der Waals surface area contributed by atoms with Crippen molar-refractivity contribution >= 4 is 17.5 Å². The summed E-state index contributed by atoms with van der Waals surface area (Å²) in [6.45, 7) is 5.71. The van der Waals surface area contributed by atoms with Crippen LogP contribution in [0, 0.1) is 13.8 Å². The molecule has 0 fully saturated rings. The van der Waals surface area contributed by atoms with Gasteiger partial charge in [0.2, 0.25) is 0 Å². The van der Waals surface area contributed by atoms with E-state index in [-0.39, 0.29) is 8.96 Å². The number of hydrogen-bond acceptors (Lipinski definition) is 5. The van der Waals surface area contributed by atoms with Crippen molar-refractivity contribution in [3.05, 3.63) is 71.9 Å². The number of hydrogen-bond donors (Lipinski definition) is 2. The Hall–Kier alpha value is -3.48. The normalized spacial score (nSPS) is 11.5. The fourth-order valence-electron chi connectivity index (χ4n) is 2.45. The van der Waals surface area contributed by atoms with Crippen molar-refractivity contribution in [1.29, 1.82) is 0 Å². The number of carbonyl (C=O) groups excluding carboxylic acids is 1. The molecular formula is C20H25N5O2. The summed E-state index contributed by atoms with van der Waals surface area (Å²) < 4.78 is 6.04. The lowest BCUT2D eigenvalue weighted by Crippen LogP contribution is -2.21. The Morgan fingerprint density at radius 3 is 2.67 bits per heavy atom. The highest BCUT2D eigenvalue weighted by Crippen LogP contribution is 2.30. The molecule has 0 saturated heterocycles. The minimum absolute atomic E-state index is 0. The van der Waals surface area contributed by atoms with Crippen LogP contribution in [0.5, 0.6) is 5.75 Å². The molecule has 2 heterocycles. The Kier molecular flexibility index (Phi) is 5.61. The SMILES string of the molecule is Cc1ccc(OC(C)c2cccnc2)c(NC(=O)Nc2cnc(C)cn2)c1.[HH].[HH]. The highest BCUT2D eigenvalue weighted by molar-refractivity contribution is 6.00. The zero-order valence-corrected chi connectivity index (χ0v) is 15.4. The van der Waals surface area contributed by atoms with Crippen molar-refractivity contribution in [3.8, 4) is 5.75 Å². The molecule has 0 spiro atoms. The van der Waals surface area contributed by atoms with Crippen LogP contribution in [0.15, 0.2) is 55.1 Å². The van der Waals surface area contributed by atoms with Gasteiger partial charge < -0.3 is 10.1 Å². The monoisotopic (exact) mass is 367 g/mol. The van der Waals surface area contributed by atoms with Crippen LogP contribution in [0.4, 0.5) is 16.3 Å². The lowest BCUT2D eigenvalue weighted by atomic mass is 10.1. The largest absolute Gasteiger partial charge is 0.484 e. The van der Waals surface area contributed by atoms with Crippen molar-refractivity contribution in [2.45, 2.75) is 26.9 Å². The van der Waals surface area contributed by atoms with E-state index in [0.29, 0.717) is 17.3 Å². The Morgan fingerprint density at radius 2 is 1.96 bits per heavy atom. The molecule has 142 valence electrons. The van der Waals surface area contributed by atoms with Crippen LogP contribution in [0.25, 0.3) is 0 Å². The maximum atomic E-state index is 12.3. The Bertz CT molecular complexity index is 924. The number of benzene rings is 1. The third kappa shape index (κ3) is 5.01. The Labute approximate surface area is 160 Å². The molecule has 2 amide bonds. The van der Waals surface area contributed by atoms with Crippen LogP contribution in [0.2, 0.25) is 0 Å². The number of aryl methyl sites for hydroxylation is 2. The molecular weight excluding hydrogens is 342 g/mol. The molecule has 27 heavy (non-hydrogen) atoms. The van der Waals surface area contributed by atoms with Crippen LogP contribution in [-0.2, 0) is 0 Å². The van der Waals surface area contributed by atoms with Gasteiger partial charge in [0.15, 0.2) is 5.82 Å². The minimum Gasteiger partial charge on any atom is -0.484 e. The molecule has 2 N–H and O–H groups in total. The van der Waals surface area contributed by atoms with Gasteiger partial charge in [-0.1, -0.05) is 12.1 Å². The number of nitrogens with one attached hydrogen (secondary N) is 2. The number of anilines is 2. The predicted octanol–water partition coefficient (Wildman–Crippen LogP) is 4.76. The smallest absolute Gasteiger partial charge is 0.324 e. The maximum absolute atomic E-state index is 12.3. The molecule has 2 aromatic heterocycles. The van der Waals surface area contributed by atoms with E-state index >= 15 is 0 Å². The molecule has 0 aliphatic rings. The Balaban J connectivity index is 0.00000210. The van der Waals surface area contributed by atoms with Crippen LogP contribution < -0.4 is 15.4 Å². The number of carbonyl (C=O) groups is 1. The number of urea groups is 1. The van der Waals surface area contributed by atoms with E-state index < -0.39 is 6.03 Å². The summed E-state index contributed by atoms with van der Waals surface area (Å²) >= 11 is 0. The topological polar surface area (TPSA) is 89.0 Å². The van der Waals surface area contributed by atoms with Gasteiger partial charge in [-0.15, -0.1) is 0 Å². The van der Waals surface area contributed by atoms with Gasteiger partial charge in [-0.25, -0.2) is 9.78 Å². The molecule has 0 radical (unpaired) electrons. The molecule has 1 unspecified atom stereocenters. The minimum atomic E-state index is -0.419. The summed E-state index contributed by atoms with van der Waals surface area (Å²) in [5, 5.41) is 5.47. The number of rotatable bonds is 5. The Morgan fingerprint density at radius 1 is 1.11 bits per heavy atom. The molecule has 1 aromatic carbocycles. The summed E-state index contributed by atoms with van der Waals surface area (Å²) in [4.78, 5) is 24.7. The molecule has 0 bridgehead atoms. The molecule has 7 heteroatoms. The lowest BCUT2D eigenvalue weighted by molar-refractivity contribution is 0.227. The summed E-state index contributed by atoms with van der Waals surface area (Å²) in [6, 6.07) is 9.01. The van der Waals surface area contributed by atoms with E-state index in [0.717, 1.165) is 16.8 Å². The molecule has 0 aliphatic carbocycles. The van der Waals surface area contributed by atoms with Gasteiger partial charge in [0, 0.05) is 20.8 Å². The van der Waals surface area contributed by atoms with Gasteiger partial charge in [0.05, 0.1) is 23.8 Å². The fourth-order valence-corrected chi connectivity index (χ4v) is 2.45. The highest BCUT2D eigenvalue weighted by Gasteiger charge is 2.13. The summed E-state index contributed by atoms with van der Waals surface area (Å²) in [5.74, 6) is 0.944. The predicted molar refractivity (Wildman–Crippen MR) is 108 cm³/mol. The quantitative estimate of drug-likeness (QED) is 0.678. The van der Waals surface area contributed by atoms with Gasteiger partial charge in [-0.05, 0) is 44.5 Å². The zero-order valence-electron chi connectivity index (χ0n) is 15.4. The first-order valence-corrected chi connectivity index (χ1v) is 8.55. The van der Waals surface area contributed by atoms with E-state index in [1.165, 1.54) is 6.20 Å². The van der Waals surface area contributed by atoms with Crippen molar-refractivity contribution in [1.82, 2.24) is 15.0 Å². The first-order chi connectivity index (χ1) is 13.0. The third-order valence-electron chi connectivity index (χ3n) is 3.86. The second-order valence-electron chi connectivity index (χ2n) is 6.17. The van der Waals surface area contributed by atoms with E-state index in [2.05, 4.69) is 25.6 Å². The van der Waals surface area contributed by atoms with Crippen LogP contribution >= 0.6 is 0 Å². The summed E-state index contributed by atoms with van der Waals surface area (Å²) in [5.41, 5.74) is 3.30. The number of nitrogens with zero attached hydrogens (tertiary/aromatic N) is 3. The molecule has 3 rings (SSSR count). The van der Waals surface area contributed by atoms with Gasteiger partial charge in [0.1, 0.15) is 11.9 Å². The highest BCUT2D eigenvalue weighted by atomic mass is 16.5. The van der Waals surface area contributed by atoms with Crippen LogP contribution in [-0.4, -0.2) is 21.0 Å². The summed E-state index contributed by atoms with van der Waals surface area (Å²) in [7, 11) is 0. The van der Waals surface area contributed by atoms with E-state index in [1.807, 2.05) is 51.1 Å². The van der Waals surface area contributed by atoms with Gasteiger partial charge >= 0.3 is 6.03 Å². The number of ether oxygens (including phenoxy) is 1. The first kappa shape index (κ1) is 18.3. The zero-order chi connectivity index (χ0) is 19.2. The molecule has 0 aliphatic heterocycles. The number of amides is 2. The van der Waals surface area contributed by atoms with Crippen LogP contribution in [0.3, 0.4) is 0 Å². The van der Waals surface area contributed by atoms with Gasteiger partial charge in [-0.3, -0.25) is 15.3 Å². The van der Waals surface area contributed by atoms with Gasteiger partial charge in [-0.2, -0.15) is 0 Å². The number of aromatic nitrogens is 3. The average Bonchev–Trinajstić information content (AvgIpc) is 2.66. The standard InChI is InChI=1S/C20H21N5O2.2H2/c1-13-6-7-18(27-15(3)16-5-4-8-21-11-16)17(9-13)24-20(26)25-19-12-22-14(2)10-23-19;;/h4-12,15H,1-3H3,(H2,23,24,25,26);2*1H. The van der Waals surface area contributed by atoms with Crippen molar-refractivity contribution in [2.75, 3.05) is 10.6 Å².